The summed E-state index contributed by atoms with van der Waals surface area (Å²) >= 11 is 6.48. The van der Waals surface area contributed by atoms with Gasteiger partial charge in [-0.1, -0.05) is 24.9 Å². The summed E-state index contributed by atoms with van der Waals surface area (Å²) in [5.74, 6) is 0.614. The number of halogens is 1. The van der Waals surface area contributed by atoms with Gasteiger partial charge in [0.1, 0.15) is 5.75 Å². The zero-order chi connectivity index (χ0) is 19.9. The number of ether oxygens (including phenoxy) is 1. The smallest absolute Gasteiger partial charge is 0.255 e. The van der Waals surface area contributed by atoms with Crippen LogP contribution in [0.4, 0.5) is 11.4 Å². The molecule has 1 saturated heterocycles. The van der Waals surface area contributed by atoms with Crippen LogP contribution in [0, 0.1) is 0 Å². The van der Waals surface area contributed by atoms with Crippen LogP contribution in [-0.4, -0.2) is 38.7 Å². The predicted octanol–water partition coefficient (Wildman–Crippen LogP) is 4.57. The number of nitrogens with zero attached hydrogens (tertiary/aromatic N) is 1. The van der Waals surface area contributed by atoms with Gasteiger partial charge in [0.2, 0.25) is 0 Å². The van der Waals surface area contributed by atoms with Crippen molar-refractivity contribution < 1.29 is 9.53 Å². The van der Waals surface area contributed by atoms with Crippen molar-refractivity contribution in [2.24, 2.45) is 0 Å². The Labute approximate surface area is 172 Å². The molecular weight excluding hydrogens is 374 g/mol. The molecule has 1 heterocycles. The van der Waals surface area contributed by atoms with E-state index in [0.717, 1.165) is 43.8 Å². The molecule has 0 radical (unpaired) electrons. The standard InChI is InChI=1S/C22H28ClN3O2/c1-3-4-13-28-19-8-5-16(6-9-19)22(27)25-17-7-10-21(20(23)14-17)26-12-11-18(15-26)24-2/h5-10,14,18,24H,3-4,11-13,15H2,1-2H3,(H,25,27). The number of rotatable bonds is 8. The Morgan fingerprint density at radius 3 is 2.68 bits per heavy atom. The molecule has 1 amide bonds. The Morgan fingerprint density at radius 1 is 1.25 bits per heavy atom. The lowest BCUT2D eigenvalue weighted by atomic mass is 10.2. The number of carbonyl (C=O) groups excluding carboxylic acids is 1. The second-order valence-corrected chi connectivity index (χ2v) is 7.47. The molecule has 5 nitrogen and oxygen atoms in total. The fraction of sp³-hybridized carbons (Fsp3) is 0.409. The van der Waals surface area contributed by atoms with Crippen molar-refractivity contribution in [1.82, 2.24) is 5.32 Å². The number of anilines is 2. The summed E-state index contributed by atoms with van der Waals surface area (Å²) in [6.07, 6.45) is 3.21. The van der Waals surface area contributed by atoms with Crippen LogP contribution in [0.1, 0.15) is 36.5 Å². The molecule has 1 fully saturated rings. The van der Waals surface area contributed by atoms with Gasteiger partial charge in [0.25, 0.3) is 5.91 Å². The van der Waals surface area contributed by atoms with Gasteiger partial charge < -0.3 is 20.3 Å². The maximum absolute atomic E-state index is 12.5. The molecule has 1 aliphatic rings. The number of hydrogen-bond donors (Lipinski definition) is 2. The highest BCUT2D eigenvalue weighted by molar-refractivity contribution is 6.33. The van der Waals surface area contributed by atoms with Gasteiger partial charge in [0.05, 0.1) is 17.3 Å². The van der Waals surface area contributed by atoms with Crippen LogP contribution in [0.2, 0.25) is 5.02 Å². The summed E-state index contributed by atoms with van der Waals surface area (Å²) in [7, 11) is 1.98. The molecule has 2 aromatic carbocycles. The van der Waals surface area contributed by atoms with Crippen molar-refractivity contribution in [1.29, 1.82) is 0 Å². The van der Waals surface area contributed by atoms with E-state index in [0.29, 0.717) is 28.9 Å². The molecule has 1 aliphatic heterocycles. The molecule has 1 unspecified atom stereocenters. The van der Waals surface area contributed by atoms with Gasteiger partial charge in [-0.15, -0.1) is 0 Å². The van der Waals surface area contributed by atoms with Gasteiger partial charge in [-0.05, 0) is 62.4 Å². The molecule has 1 atom stereocenters. The minimum atomic E-state index is -0.166. The van der Waals surface area contributed by atoms with Crippen molar-refractivity contribution in [2.75, 3.05) is 37.0 Å². The third-order valence-corrected chi connectivity index (χ3v) is 5.33. The number of amides is 1. The van der Waals surface area contributed by atoms with Gasteiger partial charge in [-0.2, -0.15) is 0 Å². The summed E-state index contributed by atoms with van der Waals surface area (Å²) in [5, 5.41) is 6.87. The molecule has 0 saturated carbocycles. The highest BCUT2D eigenvalue weighted by atomic mass is 35.5. The number of benzene rings is 2. The Kier molecular flexibility index (Phi) is 7.18. The van der Waals surface area contributed by atoms with Crippen molar-refractivity contribution >= 4 is 28.9 Å². The first-order chi connectivity index (χ1) is 13.6. The van der Waals surface area contributed by atoms with E-state index in [1.807, 2.05) is 37.4 Å². The van der Waals surface area contributed by atoms with E-state index < -0.39 is 0 Å². The van der Waals surface area contributed by atoms with Crippen molar-refractivity contribution in [3.8, 4) is 5.75 Å². The lowest BCUT2D eigenvalue weighted by Crippen LogP contribution is -2.29. The topological polar surface area (TPSA) is 53.6 Å². The average Bonchev–Trinajstić information content (AvgIpc) is 3.18. The highest BCUT2D eigenvalue weighted by Gasteiger charge is 2.22. The van der Waals surface area contributed by atoms with E-state index >= 15 is 0 Å². The minimum Gasteiger partial charge on any atom is -0.494 e. The summed E-state index contributed by atoms with van der Waals surface area (Å²) < 4.78 is 5.63. The van der Waals surface area contributed by atoms with Crippen molar-refractivity contribution in [3.63, 3.8) is 0 Å². The molecule has 0 aliphatic carbocycles. The normalized spacial score (nSPS) is 16.2. The summed E-state index contributed by atoms with van der Waals surface area (Å²) in [4.78, 5) is 14.8. The molecular formula is C22H28ClN3O2. The van der Waals surface area contributed by atoms with E-state index in [1.165, 1.54) is 0 Å². The van der Waals surface area contributed by atoms with Crippen LogP contribution in [0.25, 0.3) is 0 Å². The SMILES string of the molecule is CCCCOc1ccc(C(=O)Nc2ccc(N3CCC(NC)C3)c(Cl)c2)cc1. The third kappa shape index (κ3) is 5.18. The largest absolute Gasteiger partial charge is 0.494 e. The van der Waals surface area contributed by atoms with Crippen LogP contribution >= 0.6 is 11.6 Å². The lowest BCUT2D eigenvalue weighted by Gasteiger charge is -2.20. The molecule has 0 aromatic heterocycles. The van der Waals surface area contributed by atoms with E-state index in [9.17, 15) is 4.79 Å². The minimum absolute atomic E-state index is 0.166. The molecule has 2 N–H and O–H groups in total. The average molecular weight is 402 g/mol. The van der Waals surface area contributed by atoms with Crippen molar-refractivity contribution in [3.05, 3.63) is 53.1 Å². The van der Waals surface area contributed by atoms with Gasteiger partial charge in [-0.3, -0.25) is 4.79 Å². The monoisotopic (exact) mass is 401 g/mol. The second-order valence-electron chi connectivity index (χ2n) is 7.07. The molecule has 150 valence electrons. The van der Waals surface area contributed by atoms with Gasteiger partial charge >= 0.3 is 0 Å². The maximum atomic E-state index is 12.5. The number of unbranched alkanes of at least 4 members (excludes halogenated alkanes) is 1. The van der Waals surface area contributed by atoms with Gasteiger partial charge in [0.15, 0.2) is 0 Å². The molecule has 6 heteroatoms. The Bertz CT molecular complexity index is 795. The van der Waals surface area contributed by atoms with Crippen LogP contribution < -0.4 is 20.3 Å². The van der Waals surface area contributed by atoms with Crippen LogP contribution in [0.15, 0.2) is 42.5 Å². The van der Waals surface area contributed by atoms with Crippen LogP contribution in [-0.2, 0) is 0 Å². The predicted molar refractivity (Wildman–Crippen MR) is 116 cm³/mol. The summed E-state index contributed by atoms with van der Waals surface area (Å²) in [5.41, 5.74) is 2.27. The van der Waals surface area contributed by atoms with Gasteiger partial charge in [-0.25, -0.2) is 0 Å². The molecule has 0 bridgehead atoms. The number of hydrogen-bond acceptors (Lipinski definition) is 4. The second kappa shape index (κ2) is 9.80. The Morgan fingerprint density at radius 2 is 2.04 bits per heavy atom. The molecule has 28 heavy (non-hydrogen) atoms. The summed E-state index contributed by atoms with van der Waals surface area (Å²) in [6.45, 7) is 4.73. The molecule has 2 aromatic rings. The zero-order valence-corrected chi connectivity index (χ0v) is 17.3. The Hall–Kier alpha value is -2.24. The fourth-order valence-electron chi connectivity index (χ4n) is 3.30. The number of carbonyl (C=O) groups is 1. The zero-order valence-electron chi connectivity index (χ0n) is 16.5. The quantitative estimate of drug-likeness (QED) is 0.636. The first kappa shape index (κ1) is 20.5. The summed E-state index contributed by atoms with van der Waals surface area (Å²) in [6, 6.07) is 13.4. The maximum Gasteiger partial charge on any atom is 0.255 e. The third-order valence-electron chi connectivity index (χ3n) is 5.03. The van der Waals surface area contributed by atoms with E-state index in [2.05, 4.69) is 22.5 Å². The van der Waals surface area contributed by atoms with Crippen LogP contribution in [0.5, 0.6) is 5.75 Å². The number of nitrogens with one attached hydrogen (secondary N) is 2. The number of likely N-dealkylation sites (N-methyl/N-ethyl adjacent to an activating group) is 1. The highest BCUT2D eigenvalue weighted by Crippen LogP contribution is 2.31. The Balaban J connectivity index is 1.60. The van der Waals surface area contributed by atoms with Gasteiger partial charge in [0, 0.05) is 30.4 Å². The molecule has 3 rings (SSSR count). The van der Waals surface area contributed by atoms with E-state index in [-0.39, 0.29) is 5.91 Å². The van der Waals surface area contributed by atoms with E-state index in [4.69, 9.17) is 16.3 Å². The first-order valence-electron chi connectivity index (χ1n) is 9.86. The fourth-order valence-corrected chi connectivity index (χ4v) is 3.60. The van der Waals surface area contributed by atoms with Crippen LogP contribution in [0.3, 0.4) is 0 Å². The first-order valence-corrected chi connectivity index (χ1v) is 10.2. The molecule has 0 spiro atoms. The van der Waals surface area contributed by atoms with Crippen molar-refractivity contribution in [2.45, 2.75) is 32.2 Å². The van der Waals surface area contributed by atoms with E-state index in [1.54, 1.807) is 12.1 Å². The lowest BCUT2D eigenvalue weighted by molar-refractivity contribution is 0.102.